The third kappa shape index (κ3) is 3.52. The van der Waals surface area contributed by atoms with Gasteiger partial charge in [0.2, 0.25) is 5.91 Å². The average Bonchev–Trinajstić information content (AvgIpc) is 2.35. The number of amides is 1. The molecular weight excluding hydrogens is 279 g/mol. The summed E-state index contributed by atoms with van der Waals surface area (Å²) in [6, 6.07) is 0. The van der Waals surface area contributed by atoms with Gasteiger partial charge >= 0.3 is 0 Å². The van der Waals surface area contributed by atoms with Crippen LogP contribution in [0.5, 0.6) is 0 Å². The summed E-state index contributed by atoms with van der Waals surface area (Å²) in [5, 5.41) is 5.97. The second-order valence-electron chi connectivity index (χ2n) is 3.78. The van der Waals surface area contributed by atoms with Crippen molar-refractivity contribution < 1.29 is 9.53 Å². The first-order valence-corrected chi connectivity index (χ1v) is 6.20. The molecule has 2 rings (SSSR count). The molecule has 1 aliphatic heterocycles. The highest BCUT2D eigenvalue weighted by atomic mass is 35.5. The maximum atomic E-state index is 11.8. The van der Waals surface area contributed by atoms with E-state index in [2.05, 4.69) is 20.6 Å². The molecule has 0 aromatic carbocycles. The smallest absolute Gasteiger partial charge is 0.227 e. The lowest BCUT2D eigenvalue weighted by molar-refractivity contribution is -0.119. The summed E-state index contributed by atoms with van der Waals surface area (Å²) in [7, 11) is 0. The number of morpholine rings is 1. The maximum Gasteiger partial charge on any atom is 0.227 e. The molecule has 0 bridgehead atoms. The van der Waals surface area contributed by atoms with E-state index >= 15 is 0 Å². The van der Waals surface area contributed by atoms with Crippen LogP contribution in [0.2, 0.25) is 10.3 Å². The predicted octanol–water partition coefficient (Wildman–Crippen LogP) is 1.10. The number of rotatable bonds is 3. The number of hydrogen-bond donors (Lipinski definition) is 2. The van der Waals surface area contributed by atoms with Gasteiger partial charge in [-0.2, -0.15) is 0 Å². The van der Waals surface area contributed by atoms with Crippen molar-refractivity contribution in [3.63, 3.8) is 0 Å². The monoisotopic (exact) mass is 290 g/mol. The molecule has 0 spiro atoms. The van der Waals surface area contributed by atoms with Crippen LogP contribution in [0.4, 0.5) is 5.69 Å². The fourth-order valence-corrected chi connectivity index (χ4v) is 2.00. The van der Waals surface area contributed by atoms with Crippen LogP contribution in [0, 0.1) is 0 Å². The molecule has 0 radical (unpaired) electrons. The molecule has 1 aromatic heterocycles. The Kier molecular flexibility index (Phi) is 4.71. The van der Waals surface area contributed by atoms with E-state index in [1.165, 1.54) is 6.33 Å². The van der Waals surface area contributed by atoms with Gasteiger partial charge in [-0.15, -0.1) is 0 Å². The fourth-order valence-electron chi connectivity index (χ4n) is 1.60. The molecule has 1 fully saturated rings. The Morgan fingerprint density at radius 2 is 2.22 bits per heavy atom. The molecule has 1 atom stereocenters. The van der Waals surface area contributed by atoms with Crippen LogP contribution in [0.1, 0.15) is 6.42 Å². The van der Waals surface area contributed by atoms with Crippen LogP contribution in [-0.2, 0) is 9.53 Å². The molecule has 1 unspecified atom stereocenters. The van der Waals surface area contributed by atoms with Gasteiger partial charge in [0.15, 0.2) is 10.3 Å². The summed E-state index contributed by atoms with van der Waals surface area (Å²) in [6.07, 6.45) is 1.32. The van der Waals surface area contributed by atoms with Crippen molar-refractivity contribution in [2.24, 2.45) is 0 Å². The van der Waals surface area contributed by atoms with Crippen LogP contribution in [-0.4, -0.2) is 41.7 Å². The molecular formula is C10H12Cl2N4O2. The molecule has 6 nitrogen and oxygen atoms in total. The number of aromatic nitrogens is 2. The standard InChI is InChI=1S/C10H12Cl2N4O2/c11-9-8(10(12)15-5-14-9)16-7(17)3-6-4-13-1-2-18-6/h5-6,13H,1-4H2,(H,16,17). The van der Waals surface area contributed by atoms with Crippen molar-refractivity contribution in [1.82, 2.24) is 15.3 Å². The molecule has 98 valence electrons. The van der Waals surface area contributed by atoms with E-state index in [1.807, 2.05) is 0 Å². The largest absolute Gasteiger partial charge is 0.375 e. The van der Waals surface area contributed by atoms with E-state index in [4.69, 9.17) is 27.9 Å². The minimum atomic E-state index is -0.234. The Hall–Kier alpha value is -0.950. The molecule has 2 heterocycles. The van der Waals surface area contributed by atoms with Crippen LogP contribution in [0.25, 0.3) is 0 Å². The summed E-state index contributed by atoms with van der Waals surface area (Å²) >= 11 is 11.6. The molecule has 18 heavy (non-hydrogen) atoms. The topological polar surface area (TPSA) is 76.1 Å². The minimum absolute atomic E-state index is 0.117. The Morgan fingerprint density at radius 3 is 2.83 bits per heavy atom. The van der Waals surface area contributed by atoms with Gasteiger partial charge in [-0.05, 0) is 0 Å². The summed E-state index contributed by atoms with van der Waals surface area (Å²) in [5.41, 5.74) is 0.231. The number of nitrogens with zero attached hydrogens (tertiary/aromatic N) is 2. The molecule has 0 aliphatic carbocycles. The number of ether oxygens (including phenoxy) is 1. The van der Waals surface area contributed by atoms with Crippen molar-refractivity contribution in [1.29, 1.82) is 0 Å². The van der Waals surface area contributed by atoms with E-state index in [0.717, 1.165) is 6.54 Å². The third-order valence-electron chi connectivity index (χ3n) is 2.44. The number of carbonyl (C=O) groups excluding carboxylic acids is 1. The van der Waals surface area contributed by atoms with Gasteiger partial charge in [-0.25, -0.2) is 9.97 Å². The second-order valence-corrected chi connectivity index (χ2v) is 4.50. The number of halogens is 2. The van der Waals surface area contributed by atoms with Gasteiger partial charge < -0.3 is 15.4 Å². The first kappa shape index (κ1) is 13.5. The maximum absolute atomic E-state index is 11.8. The zero-order valence-electron chi connectivity index (χ0n) is 9.45. The Labute approximate surface area is 114 Å². The van der Waals surface area contributed by atoms with Crippen molar-refractivity contribution >= 4 is 34.8 Å². The number of carbonyl (C=O) groups is 1. The summed E-state index contributed by atoms with van der Waals surface area (Å²) in [4.78, 5) is 19.3. The van der Waals surface area contributed by atoms with E-state index < -0.39 is 0 Å². The molecule has 1 saturated heterocycles. The average molecular weight is 291 g/mol. The van der Waals surface area contributed by atoms with Gasteiger partial charge in [0.1, 0.15) is 12.0 Å². The van der Waals surface area contributed by atoms with E-state index in [9.17, 15) is 4.79 Å². The Bertz CT molecular complexity index is 418. The summed E-state index contributed by atoms with van der Waals surface area (Å²) in [5.74, 6) is -0.234. The van der Waals surface area contributed by atoms with E-state index in [1.54, 1.807) is 0 Å². The van der Waals surface area contributed by atoms with E-state index in [-0.39, 0.29) is 34.4 Å². The van der Waals surface area contributed by atoms with E-state index in [0.29, 0.717) is 13.2 Å². The van der Waals surface area contributed by atoms with Crippen LogP contribution >= 0.6 is 23.2 Å². The van der Waals surface area contributed by atoms with Crippen LogP contribution < -0.4 is 10.6 Å². The van der Waals surface area contributed by atoms with Crippen LogP contribution in [0.3, 0.4) is 0 Å². The quantitative estimate of drug-likeness (QED) is 0.816. The van der Waals surface area contributed by atoms with Gasteiger partial charge in [-0.3, -0.25) is 4.79 Å². The zero-order chi connectivity index (χ0) is 13.0. The molecule has 1 aromatic rings. The third-order valence-corrected chi connectivity index (χ3v) is 3.01. The highest BCUT2D eigenvalue weighted by molar-refractivity contribution is 6.38. The lowest BCUT2D eigenvalue weighted by atomic mass is 10.2. The zero-order valence-corrected chi connectivity index (χ0v) is 11.0. The Morgan fingerprint density at radius 1 is 1.50 bits per heavy atom. The molecule has 0 saturated carbocycles. The SMILES string of the molecule is O=C(CC1CNCCO1)Nc1c(Cl)ncnc1Cl. The van der Waals surface area contributed by atoms with Gasteiger partial charge in [0.25, 0.3) is 0 Å². The Balaban J connectivity index is 1.94. The van der Waals surface area contributed by atoms with Gasteiger partial charge in [-0.1, -0.05) is 23.2 Å². The first-order valence-electron chi connectivity index (χ1n) is 5.45. The van der Waals surface area contributed by atoms with Crippen molar-refractivity contribution in [2.75, 3.05) is 25.0 Å². The van der Waals surface area contributed by atoms with Crippen molar-refractivity contribution in [3.8, 4) is 0 Å². The predicted molar refractivity (Wildman–Crippen MR) is 67.9 cm³/mol. The second kappa shape index (κ2) is 6.29. The first-order chi connectivity index (χ1) is 8.66. The number of hydrogen-bond acceptors (Lipinski definition) is 5. The highest BCUT2D eigenvalue weighted by Crippen LogP contribution is 2.25. The normalized spacial score (nSPS) is 19.6. The van der Waals surface area contributed by atoms with Crippen molar-refractivity contribution in [3.05, 3.63) is 16.6 Å². The van der Waals surface area contributed by atoms with Crippen molar-refractivity contribution in [2.45, 2.75) is 12.5 Å². The minimum Gasteiger partial charge on any atom is -0.375 e. The van der Waals surface area contributed by atoms with Crippen LogP contribution in [0.15, 0.2) is 6.33 Å². The molecule has 1 aliphatic rings. The van der Waals surface area contributed by atoms with Gasteiger partial charge in [0, 0.05) is 13.1 Å². The number of nitrogens with one attached hydrogen (secondary N) is 2. The highest BCUT2D eigenvalue weighted by Gasteiger charge is 2.19. The lowest BCUT2D eigenvalue weighted by Gasteiger charge is -2.23. The molecule has 8 heteroatoms. The fraction of sp³-hybridized carbons (Fsp3) is 0.500. The lowest BCUT2D eigenvalue weighted by Crippen LogP contribution is -2.40. The summed E-state index contributed by atoms with van der Waals surface area (Å²) < 4.78 is 5.43. The molecule has 1 amide bonds. The van der Waals surface area contributed by atoms with Gasteiger partial charge in [0.05, 0.1) is 19.1 Å². The molecule has 2 N–H and O–H groups in total. The number of anilines is 1. The summed E-state index contributed by atoms with van der Waals surface area (Å²) in [6.45, 7) is 2.07.